The molecule has 0 spiro atoms. The highest BCUT2D eigenvalue weighted by Gasteiger charge is 2.26. The lowest BCUT2D eigenvalue weighted by molar-refractivity contribution is -0.385. The van der Waals surface area contributed by atoms with Crippen LogP contribution in [-0.4, -0.2) is 30.2 Å². The first-order chi connectivity index (χ1) is 9.73. The van der Waals surface area contributed by atoms with E-state index in [1.54, 1.807) is 20.2 Å². The number of nitro benzene ring substituents is 1. The zero-order valence-corrected chi connectivity index (χ0v) is 12.5. The van der Waals surface area contributed by atoms with Gasteiger partial charge in [0.15, 0.2) is 0 Å². The maximum absolute atomic E-state index is 12.6. The molecule has 8 nitrogen and oxygen atoms in total. The Morgan fingerprint density at radius 2 is 2.05 bits per heavy atom. The van der Waals surface area contributed by atoms with E-state index in [0.717, 1.165) is 10.4 Å². The van der Waals surface area contributed by atoms with Gasteiger partial charge in [0.2, 0.25) is 0 Å². The first-order valence-corrected chi connectivity index (χ1v) is 7.40. The monoisotopic (exact) mass is 310 g/mol. The van der Waals surface area contributed by atoms with Crippen LogP contribution in [0.3, 0.4) is 0 Å². The summed E-state index contributed by atoms with van der Waals surface area (Å²) in [5.74, 6) is 0. The summed E-state index contributed by atoms with van der Waals surface area (Å²) in [5, 5.41) is 14.7. The normalized spacial score (nSPS) is 11.4. The minimum atomic E-state index is -3.89. The van der Waals surface area contributed by atoms with Gasteiger partial charge in [-0.2, -0.15) is 5.10 Å². The Balaban J connectivity index is 2.53. The van der Waals surface area contributed by atoms with Crippen molar-refractivity contribution in [1.82, 2.24) is 9.78 Å². The number of sulfonamides is 1. The third kappa shape index (κ3) is 2.72. The molecular formula is C12H14N4O4S. The van der Waals surface area contributed by atoms with Gasteiger partial charge in [-0.15, -0.1) is 0 Å². The summed E-state index contributed by atoms with van der Waals surface area (Å²) in [6.07, 6.45) is 2.95. The number of hydrogen-bond donors (Lipinski definition) is 0. The largest absolute Gasteiger partial charge is 0.274 e. The van der Waals surface area contributed by atoms with Crippen LogP contribution in [0.2, 0.25) is 0 Å². The number of nitrogens with zero attached hydrogens (tertiary/aromatic N) is 4. The van der Waals surface area contributed by atoms with Gasteiger partial charge in [0.1, 0.15) is 0 Å². The second kappa shape index (κ2) is 5.17. The molecule has 0 bridgehead atoms. The molecule has 21 heavy (non-hydrogen) atoms. The van der Waals surface area contributed by atoms with Crippen LogP contribution in [0.25, 0.3) is 0 Å². The summed E-state index contributed by atoms with van der Waals surface area (Å²) < 4.78 is 27.7. The predicted octanol–water partition coefficient (Wildman–Crippen LogP) is 1.46. The zero-order chi connectivity index (χ0) is 15.8. The van der Waals surface area contributed by atoms with E-state index in [1.807, 2.05) is 0 Å². The van der Waals surface area contributed by atoms with Crippen molar-refractivity contribution in [1.29, 1.82) is 0 Å². The van der Waals surface area contributed by atoms with Crippen molar-refractivity contribution in [2.24, 2.45) is 7.05 Å². The van der Waals surface area contributed by atoms with Gasteiger partial charge in [-0.25, -0.2) is 8.42 Å². The van der Waals surface area contributed by atoms with E-state index in [-0.39, 0.29) is 10.6 Å². The first-order valence-electron chi connectivity index (χ1n) is 5.96. The molecule has 0 amide bonds. The van der Waals surface area contributed by atoms with Crippen molar-refractivity contribution in [2.75, 3.05) is 11.4 Å². The predicted molar refractivity (Wildman–Crippen MR) is 76.6 cm³/mol. The average molecular weight is 310 g/mol. The molecule has 9 heteroatoms. The smallest absolute Gasteiger partial charge is 0.270 e. The third-order valence-corrected chi connectivity index (χ3v) is 5.00. The van der Waals surface area contributed by atoms with E-state index in [4.69, 9.17) is 0 Å². The molecule has 0 saturated carbocycles. The highest BCUT2D eigenvalue weighted by atomic mass is 32.2. The van der Waals surface area contributed by atoms with Crippen LogP contribution >= 0.6 is 0 Å². The van der Waals surface area contributed by atoms with Gasteiger partial charge in [0.25, 0.3) is 15.7 Å². The lowest BCUT2D eigenvalue weighted by atomic mass is 10.2. The summed E-state index contributed by atoms with van der Waals surface area (Å²) in [6.45, 7) is 1.59. The van der Waals surface area contributed by atoms with Crippen LogP contribution in [0.4, 0.5) is 11.4 Å². The zero-order valence-electron chi connectivity index (χ0n) is 11.7. The fourth-order valence-electron chi connectivity index (χ4n) is 1.84. The van der Waals surface area contributed by atoms with Crippen molar-refractivity contribution in [3.05, 3.63) is 46.3 Å². The Morgan fingerprint density at radius 1 is 1.38 bits per heavy atom. The molecule has 0 aliphatic heterocycles. The summed E-state index contributed by atoms with van der Waals surface area (Å²) in [4.78, 5) is 10.1. The van der Waals surface area contributed by atoms with E-state index < -0.39 is 14.9 Å². The minimum Gasteiger partial charge on any atom is -0.274 e. The fourth-order valence-corrected chi connectivity index (χ4v) is 3.25. The van der Waals surface area contributed by atoms with Crippen molar-refractivity contribution in [3.8, 4) is 0 Å². The molecule has 0 fully saturated rings. The second-order valence-corrected chi connectivity index (χ2v) is 6.49. The van der Waals surface area contributed by atoms with Crippen molar-refractivity contribution in [3.63, 3.8) is 0 Å². The van der Waals surface area contributed by atoms with Gasteiger partial charge in [-0.05, 0) is 12.5 Å². The SMILES string of the molecule is Cc1ccc([N+](=O)[O-])cc1S(=O)(=O)N(C)c1cnn(C)c1. The van der Waals surface area contributed by atoms with Gasteiger partial charge in [0.05, 0.1) is 21.7 Å². The molecule has 2 aromatic rings. The average Bonchev–Trinajstić information content (AvgIpc) is 2.84. The van der Waals surface area contributed by atoms with Crippen LogP contribution in [-0.2, 0) is 17.1 Å². The van der Waals surface area contributed by atoms with Crippen LogP contribution in [0.5, 0.6) is 0 Å². The molecule has 1 aromatic carbocycles. The summed E-state index contributed by atoms with van der Waals surface area (Å²) in [7, 11) is -0.841. The third-order valence-electron chi connectivity index (χ3n) is 3.08. The Labute approximate surface area is 121 Å². The van der Waals surface area contributed by atoms with Gasteiger partial charge in [-0.3, -0.25) is 19.1 Å². The number of rotatable bonds is 4. The maximum atomic E-state index is 12.6. The van der Waals surface area contributed by atoms with E-state index in [2.05, 4.69) is 5.10 Å². The lowest BCUT2D eigenvalue weighted by Crippen LogP contribution is -2.27. The number of aromatic nitrogens is 2. The van der Waals surface area contributed by atoms with Crippen molar-refractivity contribution < 1.29 is 13.3 Å². The molecule has 0 atom stereocenters. The van der Waals surface area contributed by atoms with Crippen molar-refractivity contribution >= 4 is 21.4 Å². The van der Waals surface area contributed by atoms with E-state index >= 15 is 0 Å². The van der Waals surface area contributed by atoms with Crippen LogP contribution in [0.15, 0.2) is 35.5 Å². The van der Waals surface area contributed by atoms with Gasteiger partial charge < -0.3 is 0 Å². The number of anilines is 1. The highest BCUT2D eigenvalue weighted by Crippen LogP contribution is 2.26. The van der Waals surface area contributed by atoms with Crippen LogP contribution in [0, 0.1) is 17.0 Å². The molecule has 0 radical (unpaired) electrons. The molecule has 0 aliphatic rings. The quantitative estimate of drug-likeness (QED) is 0.629. The molecule has 0 saturated heterocycles. The fraction of sp³-hybridized carbons (Fsp3) is 0.250. The lowest BCUT2D eigenvalue weighted by Gasteiger charge is -2.18. The Hall–Kier alpha value is -2.42. The molecule has 0 N–H and O–H groups in total. The molecular weight excluding hydrogens is 296 g/mol. The molecule has 0 unspecified atom stereocenters. The number of benzene rings is 1. The topological polar surface area (TPSA) is 98.3 Å². The van der Waals surface area contributed by atoms with Gasteiger partial charge in [0, 0.05) is 32.4 Å². The summed E-state index contributed by atoms with van der Waals surface area (Å²) in [6, 6.07) is 3.76. The first kappa shape index (κ1) is 15.0. The summed E-state index contributed by atoms with van der Waals surface area (Å²) >= 11 is 0. The number of hydrogen-bond acceptors (Lipinski definition) is 5. The van der Waals surface area contributed by atoms with E-state index in [0.29, 0.717) is 11.3 Å². The van der Waals surface area contributed by atoms with Crippen LogP contribution < -0.4 is 4.31 Å². The standard InChI is InChI=1S/C12H14N4O4S/c1-9-4-5-10(16(17)18)6-12(9)21(19,20)15(3)11-7-13-14(2)8-11/h4-8H,1-3H3. The highest BCUT2D eigenvalue weighted by molar-refractivity contribution is 7.92. The van der Waals surface area contributed by atoms with E-state index in [1.165, 1.54) is 30.1 Å². The molecule has 1 heterocycles. The Bertz CT molecular complexity index is 797. The number of aryl methyl sites for hydroxylation is 2. The van der Waals surface area contributed by atoms with Gasteiger partial charge >= 0.3 is 0 Å². The number of nitro groups is 1. The molecule has 112 valence electrons. The van der Waals surface area contributed by atoms with Crippen LogP contribution in [0.1, 0.15) is 5.56 Å². The molecule has 0 aliphatic carbocycles. The number of non-ortho nitro benzene ring substituents is 1. The Morgan fingerprint density at radius 3 is 2.57 bits per heavy atom. The van der Waals surface area contributed by atoms with E-state index in [9.17, 15) is 18.5 Å². The van der Waals surface area contributed by atoms with Gasteiger partial charge in [-0.1, -0.05) is 6.07 Å². The van der Waals surface area contributed by atoms with Crippen molar-refractivity contribution in [2.45, 2.75) is 11.8 Å². The molecule has 1 aromatic heterocycles. The molecule has 2 rings (SSSR count). The minimum absolute atomic E-state index is 0.0944. The maximum Gasteiger partial charge on any atom is 0.270 e. The Kier molecular flexibility index (Phi) is 3.69. The summed E-state index contributed by atoms with van der Waals surface area (Å²) in [5.41, 5.74) is 0.554. The second-order valence-electron chi connectivity index (χ2n) is 4.55.